The molecule has 0 spiro atoms. The van der Waals surface area contributed by atoms with Crippen LogP contribution in [0.15, 0.2) is 18.2 Å². The van der Waals surface area contributed by atoms with Gasteiger partial charge in [-0.3, -0.25) is 4.79 Å². The summed E-state index contributed by atoms with van der Waals surface area (Å²) in [6.45, 7) is 2.11. The lowest BCUT2D eigenvalue weighted by Crippen LogP contribution is -2.27. The number of aromatic nitrogens is 1. The van der Waals surface area contributed by atoms with Crippen molar-refractivity contribution in [1.82, 2.24) is 10.3 Å². The van der Waals surface area contributed by atoms with Crippen molar-refractivity contribution in [2.75, 3.05) is 5.73 Å². The van der Waals surface area contributed by atoms with Crippen molar-refractivity contribution in [1.29, 1.82) is 0 Å². The van der Waals surface area contributed by atoms with Crippen LogP contribution in [-0.4, -0.2) is 16.9 Å². The number of anilines is 1. The topological polar surface area (TPSA) is 68.0 Å². The molecule has 1 aromatic rings. The number of carbonyl (C=O) groups excluding carboxylic acids is 1. The number of hydrogen-bond donors (Lipinski definition) is 2. The number of nitrogens with one attached hydrogen (secondary N) is 1. The van der Waals surface area contributed by atoms with E-state index in [-0.39, 0.29) is 5.91 Å². The monoisotopic (exact) mass is 191 g/mol. The summed E-state index contributed by atoms with van der Waals surface area (Å²) in [5.74, 6) is 0.841. The van der Waals surface area contributed by atoms with Gasteiger partial charge in [-0.15, -0.1) is 0 Å². The van der Waals surface area contributed by atoms with Gasteiger partial charge in [0.15, 0.2) is 0 Å². The second-order valence-electron chi connectivity index (χ2n) is 3.74. The summed E-state index contributed by atoms with van der Waals surface area (Å²) in [5, 5.41) is 2.89. The van der Waals surface area contributed by atoms with Crippen LogP contribution >= 0.6 is 0 Å². The van der Waals surface area contributed by atoms with Gasteiger partial charge in [0.25, 0.3) is 5.91 Å². The van der Waals surface area contributed by atoms with E-state index in [1.807, 2.05) is 0 Å². The first-order chi connectivity index (χ1) is 6.66. The Balaban J connectivity index is 2.03. The maximum atomic E-state index is 11.6. The average molecular weight is 191 g/mol. The van der Waals surface area contributed by atoms with Crippen LogP contribution < -0.4 is 11.1 Å². The zero-order valence-corrected chi connectivity index (χ0v) is 8.03. The molecule has 2 rings (SSSR count). The zero-order chi connectivity index (χ0) is 10.1. The van der Waals surface area contributed by atoms with Gasteiger partial charge in [0, 0.05) is 6.04 Å². The fraction of sp³-hybridized carbons (Fsp3) is 0.400. The Morgan fingerprint density at radius 3 is 2.93 bits per heavy atom. The fourth-order valence-corrected chi connectivity index (χ4v) is 1.34. The van der Waals surface area contributed by atoms with Crippen LogP contribution in [-0.2, 0) is 0 Å². The molecule has 1 amide bonds. The molecule has 0 radical (unpaired) electrons. The van der Waals surface area contributed by atoms with Gasteiger partial charge in [0.05, 0.1) is 0 Å². The fourth-order valence-electron chi connectivity index (χ4n) is 1.34. The molecule has 74 valence electrons. The summed E-state index contributed by atoms with van der Waals surface area (Å²) < 4.78 is 0. The van der Waals surface area contributed by atoms with E-state index in [9.17, 15) is 4.79 Å². The van der Waals surface area contributed by atoms with Gasteiger partial charge in [0.2, 0.25) is 0 Å². The summed E-state index contributed by atoms with van der Waals surface area (Å²) in [7, 11) is 0. The number of rotatable bonds is 2. The molecule has 1 aromatic heterocycles. The Morgan fingerprint density at radius 2 is 2.36 bits per heavy atom. The minimum atomic E-state index is -0.133. The lowest BCUT2D eigenvalue weighted by molar-refractivity contribution is 0.0944. The third-order valence-electron chi connectivity index (χ3n) is 2.43. The highest BCUT2D eigenvalue weighted by Gasteiger charge is 2.34. The Hall–Kier alpha value is -1.58. The number of hydrogen-bond acceptors (Lipinski definition) is 3. The SMILES string of the molecule is CC1CC1NC(=O)c1cccc(N)n1. The molecule has 0 bridgehead atoms. The van der Waals surface area contributed by atoms with E-state index in [0.29, 0.717) is 23.5 Å². The largest absolute Gasteiger partial charge is 0.384 e. The van der Waals surface area contributed by atoms with E-state index in [1.165, 1.54) is 0 Å². The van der Waals surface area contributed by atoms with Crippen molar-refractivity contribution < 1.29 is 4.79 Å². The molecule has 4 nitrogen and oxygen atoms in total. The predicted octanol–water partition coefficient (Wildman–Crippen LogP) is 0.802. The van der Waals surface area contributed by atoms with E-state index in [1.54, 1.807) is 18.2 Å². The molecule has 4 heteroatoms. The van der Waals surface area contributed by atoms with Gasteiger partial charge < -0.3 is 11.1 Å². The summed E-state index contributed by atoms with van der Waals surface area (Å²) in [4.78, 5) is 15.5. The van der Waals surface area contributed by atoms with Crippen LogP contribution in [0, 0.1) is 5.92 Å². The molecule has 3 N–H and O–H groups in total. The van der Waals surface area contributed by atoms with Gasteiger partial charge in [-0.05, 0) is 24.5 Å². The summed E-state index contributed by atoms with van der Waals surface area (Å²) in [6, 6.07) is 5.38. The van der Waals surface area contributed by atoms with Gasteiger partial charge in [-0.2, -0.15) is 0 Å². The van der Waals surface area contributed by atoms with Gasteiger partial charge >= 0.3 is 0 Å². The minimum absolute atomic E-state index is 0.133. The normalized spacial score (nSPS) is 24.4. The van der Waals surface area contributed by atoms with Crippen LogP contribution in [0.4, 0.5) is 5.82 Å². The van der Waals surface area contributed by atoms with E-state index >= 15 is 0 Å². The third kappa shape index (κ3) is 1.84. The second kappa shape index (κ2) is 3.29. The van der Waals surface area contributed by atoms with Gasteiger partial charge in [-0.1, -0.05) is 13.0 Å². The highest BCUT2D eigenvalue weighted by Crippen LogP contribution is 2.29. The molecule has 1 aliphatic carbocycles. The molecule has 2 unspecified atom stereocenters. The number of nitrogens with zero attached hydrogens (tertiary/aromatic N) is 1. The van der Waals surface area contributed by atoms with E-state index in [4.69, 9.17) is 5.73 Å². The molecule has 0 saturated heterocycles. The smallest absolute Gasteiger partial charge is 0.270 e. The molecule has 1 aliphatic rings. The molecule has 14 heavy (non-hydrogen) atoms. The van der Waals surface area contributed by atoms with Crippen molar-refractivity contribution in [3.8, 4) is 0 Å². The molecule has 0 aromatic carbocycles. The van der Waals surface area contributed by atoms with Crippen LogP contribution in [0.2, 0.25) is 0 Å². The standard InChI is InChI=1S/C10H13N3O/c1-6-5-8(6)13-10(14)7-3-2-4-9(11)12-7/h2-4,6,8H,5H2,1H3,(H2,11,12)(H,13,14). The molecular formula is C10H13N3O. The van der Waals surface area contributed by atoms with Crippen molar-refractivity contribution >= 4 is 11.7 Å². The Morgan fingerprint density at radius 1 is 1.64 bits per heavy atom. The summed E-state index contributed by atoms with van der Waals surface area (Å²) in [6.07, 6.45) is 1.06. The maximum absolute atomic E-state index is 11.6. The van der Waals surface area contributed by atoms with Crippen molar-refractivity contribution in [2.24, 2.45) is 5.92 Å². The first-order valence-electron chi connectivity index (χ1n) is 4.70. The average Bonchev–Trinajstić information content (AvgIpc) is 2.81. The molecular weight excluding hydrogens is 178 g/mol. The van der Waals surface area contributed by atoms with E-state index < -0.39 is 0 Å². The molecule has 1 fully saturated rings. The minimum Gasteiger partial charge on any atom is -0.384 e. The van der Waals surface area contributed by atoms with Crippen LogP contribution in [0.5, 0.6) is 0 Å². The summed E-state index contributed by atoms with van der Waals surface area (Å²) in [5.41, 5.74) is 5.87. The van der Waals surface area contributed by atoms with E-state index in [0.717, 1.165) is 6.42 Å². The lowest BCUT2D eigenvalue weighted by atomic mass is 10.3. The number of carbonyl (C=O) groups is 1. The van der Waals surface area contributed by atoms with Crippen molar-refractivity contribution in [3.63, 3.8) is 0 Å². The molecule has 0 aliphatic heterocycles. The summed E-state index contributed by atoms with van der Waals surface area (Å²) >= 11 is 0. The Kier molecular flexibility index (Phi) is 2.11. The van der Waals surface area contributed by atoms with Crippen molar-refractivity contribution in [3.05, 3.63) is 23.9 Å². The maximum Gasteiger partial charge on any atom is 0.270 e. The van der Waals surface area contributed by atoms with Crippen LogP contribution in [0.3, 0.4) is 0 Å². The van der Waals surface area contributed by atoms with Crippen LogP contribution in [0.25, 0.3) is 0 Å². The highest BCUT2D eigenvalue weighted by atomic mass is 16.2. The first kappa shape index (κ1) is 8.99. The van der Waals surface area contributed by atoms with Crippen LogP contribution in [0.1, 0.15) is 23.8 Å². The molecule has 2 atom stereocenters. The second-order valence-corrected chi connectivity index (χ2v) is 3.74. The van der Waals surface area contributed by atoms with Crippen molar-refractivity contribution in [2.45, 2.75) is 19.4 Å². The zero-order valence-electron chi connectivity index (χ0n) is 8.03. The molecule has 1 saturated carbocycles. The Labute approximate surface area is 82.5 Å². The van der Waals surface area contributed by atoms with Gasteiger partial charge in [0.1, 0.15) is 11.5 Å². The number of amides is 1. The lowest BCUT2D eigenvalue weighted by Gasteiger charge is -2.02. The third-order valence-corrected chi connectivity index (χ3v) is 2.43. The van der Waals surface area contributed by atoms with Gasteiger partial charge in [-0.25, -0.2) is 4.98 Å². The van der Waals surface area contributed by atoms with E-state index in [2.05, 4.69) is 17.2 Å². The number of pyridine rings is 1. The number of nitrogens with two attached hydrogens (primary N) is 1. The Bertz CT molecular complexity index is 364. The first-order valence-corrected chi connectivity index (χ1v) is 4.70. The highest BCUT2D eigenvalue weighted by molar-refractivity contribution is 5.93. The number of nitrogen functional groups attached to an aromatic ring is 1. The predicted molar refractivity (Wildman–Crippen MR) is 53.7 cm³/mol. The molecule has 1 heterocycles. The quantitative estimate of drug-likeness (QED) is 0.726.